The maximum Gasteiger partial charge on any atom is 0.223 e. The van der Waals surface area contributed by atoms with Crippen LogP contribution in [0.4, 0.5) is 0 Å². The predicted octanol–water partition coefficient (Wildman–Crippen LogP) is 3.73. The molecular formula is C19H29ClN2O. The molecule has 3 nitrogen and oxygen atoms in total. The van der Waals surface area contributed by atoms with Crippen molar-refractivity contribution < 1.29 is 4.79 Å². The van der Waals surface area contributed by atoms with Crippen molar-refractivity contribution in [2.45, 2.75) is 64.0 Å². The first-order chi connectivity index (χ1) is 10.5. The molecule has 0 aromatic heterocycles. The molecule has 3 atom stereocenters. The van der Waals surface area contributed by atoms with Crippen LogP contribution in [0, 0.1) is 5.92 Å². The normalized spacial score (nSPS) is 29.1. The van der Waals surface area contributed by atoms with E-state index in [1.54, 1.807) is 0 Å². The second-order valence-corrected chi connectivity index (χ2v) is 7.65. The lowest BCUT2D eigenvalue weighted by molar-refractivity contribution is -0.127. The van der Waals surface area contributed by atoms with Gasteiger partial charge in [0, 0.05) is 12.0 Å². The highest BCUT2D eigenvalue weighted by atomic mass is 35.5. The molecule has 1 aliphatic carbocycles. The third-order valence-electron chi connectivity index (χ3n) is 5.43. The van der Waals surface area contributed by atoms with Gasteiger partial charge in [-0.3, -0.25) is 4.79 Å². The number of rotatable bonds is 2. The summed E-state index contributed by atoms with van der Waals surface area (Å²) in [5.41, 5.74) is 2.92. The summed E-state index contributed by atoms with van der Waals surface area (Å²) in [6.07, 6.45) is 4.07. The number of halogens is 1. The molecule has 1 heterocycles. The van der Waals surface area contributed by atoms with Crippen LogP contribution in [0.1, 0.15) is 63.6 Å². The number of carbonyl (C=O) groups excluding carboxylic acids is 1. The molecule has 23 heavy (non-hydrogen) atoms. The summed E-state index contributed by atoms with van der Waals surface area (Å²) in [5, 5.41) is 6.75. The SMILES string of the molecule is C[C@H]1C[C@@H](C(=O)NC2CCC(C)(C)c3ccccc32)CCN1.Cl. The molecule has 0 bridgehead atoms. The number of hydrogen-bond acceptors (Lipinski definition) is 2. The minimum Gasteiger partial charge on any atom is -0.349 e. The van der Waals surface area contributed by atoms with Crippen molar-refractivity contribution in [3.63, 3.8) is 0 Å². The van der Waals surface area contributed by atoms with Gasteiger partial charge in [0.1, 0.15) is 0 Å². The molecule has 1 unspecified atom stereocenters. The first-order valence-electron chi connectivity index (χ1n) is 8.60. The van der Waals surface area contributed by atoms with Gasteiger partial charge < -0.3 is 10.6 Å². The molecule has 2 N–H and O–H groups in total. The van der Waals surface area contributed by atoms with Crippen LogP contribution in [0.25, 0.3) is 0 Å². The molecule has 2 aliphatic rings. The zero-order chi connectivity index (χ0) is 15.7. The highest BCUT2D eigenvalue weighted by Gasteiger charge is 2.34. The van der Waals surface area contributed by atoms with Crippen LogP contribution < -0.4 is 10.6 Å². The van der Waals surface area contributed by atoms with Gasteiger partial charge in [-0.1, -0.05) is 38.1 Å². The van der Waals surface area contributed by atoms with Crippen molar-refractivity contribution in [2.24, 2.45) is 5.92 Å². The molecule has 128 valence electrons. The Labute approximate surface area is 146 Å². The van der Waals surface area contributed by atoms with Crippen LogP contribution >= 0.6 is 12.4 Å². The fourth-order valence-corrected chi connectivity index (χ4v) is 4.02. The fourth-order valence-electron chi connectivity index (χ4n) is 4.02. The molecule has 3 rings (SSSR count). The first-order valence-corrected chi connectivity index (χ1v) is 8.60. The van der Waals surface area contributed by atoms with E-state index in [0.717, 1.165) is 32.2 Å². The number of piperidine rings is 1. The molecular weight excluding hydrogens is 308 g/mol. The van der Waals surface area contributed by atoms with Crippen molar-refractivity contribution in [1.82, 2.24) is 10.6 Å². The van der Waals surface area contributed by atoms with E-state index in [0.29, 0.717) is 6.04 Å². The number of benzene rings is 1. The summed E-state index contributed by atoms with van der Waals surface area (Å²) in [5.74, 6) is 0.409. The smallest absolute Gasteiger partial charge is 0.223 e. The molecule has 1 aromatic rings. The van der Waals surface area contributed by atoms with Crippen LogP contribution in [-0.2, 0) is 10.2 Å². The number of carbonyl (C=O) groups is 1. The highest BCUT2D eigenvalue weighted by molar-refractivity contribution is 5.85. The fraction of sp³-hybridized carbons (Fsp3) is 0.632. The Hall–Kier alpha value is -1.06. The van der Waals surface area contributed by atoms with E-state index in [4.69, 9.17) is 0 Å². The standard InChI is InChI=1S/C19H28N2O.ClH/c1-13-12-14(9-11-20-13)18(22)21-17-8-10-19(2,3)16-7-5-4-6-15(16)17;/h4-7,13-14,17,20H,8-12H2,1-3H3,(H,21,22);1H/t13-,14-,17?;/m0./s1. The van der Waals surface area contributed by atoms with Crippen molar-refractivity contribution >= 4 is 18.3 Å². The molecule has 0 spiro atoms. The monoisotopic (exact) mass is 336 g/mol. The Kier molecular flexibility index (Phi) is 5.74. The van der Waals surface area contributed by atoms with Gasteiger partial charge in [-0.2, -0.15) is 0 Å². The van der Waals surface area contributed by atoms with Gasteiger partial charge in [0.25, 0.3) is 0 Å². The zero-order valence-corrected chi connectivity index (χ0v) is 15.2. The predicted molar refractivity (Wildman–Crippen MR) is 97.0 cm³/mol. The van der Waals surface area contributed by atoms with Gasteiger partial charge in [0.15, 0.2) is 0 Å². The Balaban J connectivity index is 0.00000192. The van der Waals surface area contributed by atoms with Crippen LogP contribution in [0.3, 0.4) is 0 Å². The summed E-state index contributed by atoms with van der Waals surface area (Å²) in [6.45, 7) is 7.72. The van der Waals surface area contributed by atoms with Crippen LogP contribution in [0.5, 0.6) is 0 Å². The molecule has 0 saturated carbocycles. The van der Waals surface area contributed by atoms with Crippen LogP contribution in [0.15, 0.2) is 24.3 Å². The molecule has 1 fully saturated rings. The third kappa shape index (κ3) is 3.89. The zero-order valence-electron chi connectivity index (χ0n) is 14.4. The van der Waals surface area contributed by atoms with E-state index in [-0.39, 0.29) is 35.7 Å². The topological polar surface area (TPSA) is 41.1 Å². The average molecular weight is 337 g/mol. The van der Waals surface area contributed by atoms with Gasteiger partial charge in [-0.25, -0.2) is 0 Å². The van der Waals surface area contributed by atoms with E-state index in [1.807, 2.05) is 0 Å². The van der Waals surface area contributed by atoms with Crippen molar-refractivity contribution in [2.75, 3.05) is 6.54 Å². The molecule has 1 saturated heterocycles. The number of amides is 1. The lowest BCUT2D eigenvalue weighted by Gasteiger charge is -2.38. The summed E-state index contributed by atoms with van der Waals surface area (Å²) in [4.78, 5) is 12.6. The maximum absolute atomic E-state index is 12.6. The summed E-state index contributed by atoms with van der Waals surface area (Å²) in [7, 11) is 0. The quantitative estimate of drug-likeness (QED) is 0.864. The Morgan fingerprint density at radius 1 is 1.26 bits per heavy atom. The van der Waals surface area contributed by atoms with E-state index in [2.05, 4.69) is 55.7 Å². The van der Waals surface area contributed by atoms with E-state index in [9.17, 15) is 4.79 Å². The van der Waals surface area contributed by atoms with Gasteiger partial charge in [0.2, 0.25) is 5.91 Å². The minimum atomic E-state index is 0. The Morgan fingerprint density at radius 3 is 2.74 bits per heavy atom. The van der Waals surface area contributed by atoms with Crippen LogP contribution in [0.2, 0.25) is 0 Å². The first kappa shape index (κ1) is 18.3. The molecule has 4 heteroatoms. The lowest BCUT2D eigenvalue weighted by atomic mass is 9.71. The van der Waals surface area contributed by atoms with Crippen LogP contribution in [-0.4, -0.2) is 18.5 Å². The van der Waals surface area contributed by atoms with Gasteiger partial charge >= 0.3 is 0 Å². The number of nitrogens with one attached hydrogen (secondary N) is 2. The van der Waals surface area contributed by atoms with Crippen molar-refractivity contribution in [3.8, 4) is 0 Å². The van der Waals surface area contributed by atoms with Gasteiger partial charge in [0.05, 0.1) is 6.04 Å². The van der Waals surface area contributed by atoms with Gasteiger partial charge in [-0.15, -0.1) is 12.4 Å². The summed E-state index contributed by atoms with van der Waals surface area (Å²) in [6, 6.07) is 9.24. The molecule has 1 amide bonds. The maximum atomic E-state index is 12.6. The van der Waals surface area contributed by atoms with E-state index < -0.39 is 0 Å². The third-order valence-corrected chi connectivity index (χ3v) is 5.43. The summed E-state index contributed by atoms with van der Waals surface area (Å²) < 4.78 is 0. The minimum absolute atomic E-state index is 0. The second kappa shape index (κ2) is 7.23. The average Bonchev–Trinajstić information content (AvgIpc) is 2.50. The van der Waals surface area contributed by atoms with E-state index in [1.165, 1.54) is 11.1 Å². The van der Waals surface area contributed by atoms with Crippen molar-refractivity contribution in [3.05, 3.63) is 35.4 Å². The highest BCUT2D eigenvalue weighted by Crippen LogP contribution is 2.41. The molecule has 1 aromatic carbocycles. The number of fused-ring (bicyclic) bond motifs is 1. The largest absolute Gasteiger partial charge is 0.349 e. The number of hydrogen-bond donors (Lipinski definition) is 2. The molecule has 1 aliphatic heterocycles. The second-order valence-electron chi connectivity index (χ2n) is 7.65. The molecule has 0 radical (unpaired) electrons. The summed E-state index contributed by atoms with van der Waals surface area (Å²) >= 11 is 0. The Bertz CT molecular complexity index is 558. The lowest BCUT2D eigenvalue weighted by Crippen LogP contribution is -2.44. The van der Waals surface area contributed by atoms with Gasteiger partial charge in [-0.05, 0) is 55.7 Å². The Morgan fingerprint density at radius 2 is 2.00 bits per heavy atom. The van der Waals surface area contributed by atoms with E-state index >= 15 is 0 Å². The van der Waals surface area contributed by atoms with Crippen molar-refractivity contribution in [1.29, 1.82) is 0 Å².